The first-order valence-electron chi connectivity index (χ1n) is 8.82. The highest BCUT2D eigenvalue weighted by Gasteiger charge is 2.29. The SMILES string of the molecule is CCOC(=O)C1CCN(C(=O)c2csc(Nc3cccc(C)c3)n2)CC1. The van der Waals surface area contributed by atoms with Gasteiger partial charge in [-0.2, -0.15) is 0 Å². The maximum atomic E-state index is 12.6. The van der Waals surface area contributed by atoms with Crippen LogP contribution in [0.3, 0.4) is 0 Å². The molecule has 2 heterocycles. The Bertz CT molecular complexity index is 782. The number of rotatable bonds is 5. The van der Waals surface area contributed by atoms with Crippen molar-refractivity contribution in [3.8, 4) is 0 Å². The number of carbonyl (C=O) groups is 2. The van der Waals surface area contributed by atoms with Gasteiger partial charge in [-0.15, -0.1) is 11.3 Å². The smallest absolute Gasteiger partial charge is 0.309 e. The third kappa shape index (κ3) is 4.40. The van der Waals surface area contributed by atoms with Gasteiger partial charge in [-0.25, -0.2) is 4.98 Å². The van der Waals surface area contributed by atoms with E-state index in [0.717, 1.165) is 11.3 Å². The fraction of sp³-hybridized carbons (Fsp3) is 0.421. The van der Waals surface area contributed by atoms with E-state index in [1.54, 1.807) is 17.2 Å². The van der Waals surface area contributed by atoms with Crippen molar-refractivity contribution in [1.82, 2.24) is 9.88 Å². The Morgan fingerprint density at radius 1 is 1.35 bits per heavy atom. The normalized spacial score (nSPS) is 14.9. The van der Waals surface area contributed by atoms with Gasteiger partial charge in [-0.3, -0.25) is 9.59 Å². The van der Waals surface area contributed by atoms with Crippen molar-refractivity contribution in [3.05, 3.63) is 40.9 Å². The van der Waals surface area contributed by atoms with E-state index in [0.29, 0.717) is 43.4 Å². The fourth-order valence-electron chi connectivity index (χ4n) is 3.02. The van der Waals surface area contributed by atoms with Crippen LogP contribution in [0.5, 0.6) is 0 Å². The summed E-state index contributed by atoms with van der Waals surface area (Å²) in [5.74, 6) is -0.341. The number of anilines is 2. The van der Waals surface area contributed by atoms with Gasteiger partial charge in [-0.05, 0) is 44.4 Å². The third-order valence-corrected chi connectivity index (χ3v) is 5.15. The molecule has 1 aromatic heterocycles. The molecule has 1 amide bonds. The maximum Gasteiger partial charge on any atom is 0.309 e. The van der Waals surface area contributed by atoms with Crippen molar-refractivity contribution in [1.29, 1.82) is 0 Å². The minimum absolute atomic E-state index is 0.0825. The molecule has 0 radical (unpaired) electrons. The monoisotopic (exact) mass is 373 g/mol. The predicted octanol–water partition coefficient (Wildman–Crippen LogP) is 3.61. The highest BCUT2D eigenvalue weighted by molar-refractivity contribution is 7.14. The predicted molar refractivity (Wildman–Crippen MR) is 102 cm³/mol. The van der Waals surface area contributed by atoms with E-state index < -0.39 is 0 Å². The molecule has 0 saturated carbocycles. The number of thiazole rings is 1. The zero-order chi connectivity index (χ0) is 18.5. The molecule has 0 unspecified atom stereocenters. The van der Waals surface area contributed by atoms with Crippen LogP contribution in [-0.4, -0.2) is 41.5 Å². The molecular formula is C19H23N3O3S. The number of hydrogen-bond acceptors (Lipinski definition) is 6. The molecule has 0 atom stereocenters. The topological polar surface area (TPSA) is 71.5 Å². The molecule has 6 nitrogen and oxygen atoms in total. The fourth-order valence-corrected chi connectivity index (χ4v) is 3.72. The molecule has 3 rings (SSSR count). The van der Waals surface area contributed by atoms with Gasteiger partial charge in [-0.1, -0.05) is 12.1 Å². The molecule has 26 heavy (non-hydrogen) atoms. The lowest BCUT2D eigenvalue weighted by Gasteiger charge is -2.30. The Hall–Kier alpha value is -2.41. The molecular weight excluding hydrogens is 350 g/mol. The van der Waals surface area contributed by atoms with Crippen molar-refractivity contribution < 1.29 is 14.3 Å². The second-order valence-corrected chi connectivity index (χ2v) is 7.21. The highest BCUT2D eigenvalue weighted by atomic mass is 32.1. The summed E-state index contributed by atoms with van der Waals surface area (Å²) in [5, 5.41) is 5.70. The molecule has 1 aliphatic rings. The number of aryl methyl sites for hydroxylation is 1. The lowest BCUT2D eigenvalue weighted by molar-refractivity contribution is -0.149. The van der Waals surface area contributed by atoms with E-state index in [-0.39, 0.29) is 17.8 Å². The Balaban J connectivity index is 1.58. The molecule has 7 heteroatoms. The molecule has 0 spiro atoms. The van der Waals surface area contributed by atoms with Crippen LogP contribution in [0.15, 0.2) is 29.6 Å². The third-order valence-electron chi connectivity index (χ3n) is 4.39. The van der Waals surface area contributed by atoms with Crippen LogP contribution in [0.2, 0.25) is 0 Å². The quantitative estimate of drug-likeness (QED) is 0.811. The van der Waals surface area contributed by atoms with E-state index in [9.17, 15) is 9.59 Å². The van der Waals surface area contributed by atoms with Gasteiger partial charge in [0.2, 0.25) is 0 Å². The standard InChI is InChI=1S/C19H23N3O3S/c1-3-25-18(24)14-7-9-22(10-8-14)17(23)16-12-26-19(21-16)20-15-6-4-5-13(2)11-15/h4-6,11-12,14H,3,7-10H2,1-2H3,(H,20,21). The molecule has 1 aliphatic heterocycles. The Morgan fingerprint density at radius 3 is 2.81 bits per heavy atom. The van der Waals surface area contributed by atoms with E-state index in [1.165, 1.54) is 11.3 Å². The van der Waals surface area contributed by atoms with Crippen LogP contribution in [0, 0.1) is 12.8 Å². The van der Waals surface area contributed by atoms with Gasteiger partial charge < -0.3 is 15.0 Å². The second kappa shape index (κ2) is 8.31. The number of aromatic nitrogens is 1. The molecule has 1 N–H and O–H groups in total. The number of hydrogen-bond donors (Lipinski definition) is 1. The van der Waals surface area contributed by atoms with E-state index in [2.05, 4.69) is 10.3 Å². The van der Waals surface area contributed by atoms with E-state index in [1.807, 2.05) is 31.2 Å². The lowest BCUT2D eigenvalue weighted by Crippen LogP contribution is -2.40. The molecule has 138 valence electrons. The summed E-state index contributed by atoms with van der Waals surface area (Å²) < 4.78 is 5.07. The zero-order valence-electron chi connectivity index (χ0n) is 15.0. The first-order chi connectivity index (χ1) is 12.6. The average molecular weight is 373 g/mol. The van der Waals surface area contributed by atoms with Gasteiger partial charge in [0.05, 0.1) is 12.5 Å². The number of amides is 1. The van der Waals surface area contributed by atoms with Gasteiger partial charge in [0.25, 0.3) is 5.91 Å². The number of ether oxygens (including phenoxy) is 1. The summed E-state index contributed by atoms with van der Waals surface area (Å²) in [4.78, 5) is 30.6. The van der Waals surface area contributed by atoms with Gasteiger partial charge in [0, 0.05) is 24.2 Å². The zero-order valence-corrected chi connectivity index (χ0v) is 15.8. The van der Waals surface area contributed by atoms with Crippen LogP contribution in [0.25, 0.3) is 0 Å². The first-order valence-corrected chi connectivity index (χ1v) is 9.70. The lowest BCUT2D eigenvalue weighted by atomic mass is 9.97. The van der Waals surface area contributed by atoms with E-state index >= 15 is 0 Å². The molecule has 2 aromatic rings. The summed E-state index contributed by atoms with van der Waals surface area (Å²) in [6.07, 6.45) is 1.28. The van der Waals surface area contributed by atoms with Crippen LogP contribution >= 0.6 is 11.3 Å². The number of likely N-dealkylation sites (tertiary alicyclic amines) is 1. The summed E-state index contributed by atoms with van der Waals surface area (Å²) in [6.45, 7) is 5.34. The highest BCUT2D eigenvalue weighted by Crippen LogP contribution is 2.24. The summed E-state index contributed by atoms with van der Waals surface area (Å²) in [7, 11) is 0. The molecule has 0 aliphatic carbocycles. The number of nitrogens with zero attached hydrogens (tertiary/aromatic N) is 2. The molecule has 1 aromatic carbocycles. The Morgan fingerprint density at radius 2 is 2.12 bits per heavy atom. The van der Waals surface area contributed by atoms with E-state index in [4.69, 9.17) is 4.74 Å². The number of carbonyl (C=O) groups excluding carboxylic acids is 2. The first kappa shape index (κ1) is 18.4. The van der Waals surface area contributed by atoms with Crippen LogP contribution in [0.4, 0.5) is 10.8 Å². The van der Waals surface area contributed by atoms with Crippen molar-refractivity contribution in [2.75, 3.05) is 25.0 Å². The number of esters is 1. The summed E-state index contributed by atoms with van der Waals surface area (Å²) in [5.41, 5.74) is 2.56. The van der Waals surface area contributed by atoms with Crippen LogP contribution < -0.4 is 5.32 Å². The maximum absolute atomic E-state index is 12.6. The Labute approximate surface area is 157 Å². The minimum Gasteiger partial charge on any atom is -0.466 e. The van der Waals surface area contributed by atoms with Gasteiger partial charge >= 0.3 is 5.97 Å². The number of nitrogens with one attached hydrogen (secondary N) is 1. The Kier molecular flexibility index (Phi) is 5.88. The second-order valence-electron chi connectivity index (χ2n) is 6.35. The molecule has 1 saturated heterocycles. The molecule has 1 fully saturated rings. The van der Waals surface area contributed by atoms with Crippen LogP contribution in [-0.2, 0) is 9.53 Å². The average Bonchev–Trinajstić information content (AvgIpc) is 3.10. The van der Waals surface area contributed by atoms with Gasteiger partial charge in [0.15, 0.2) is 5.13 Å². The van der Waals surface area contributed by atoms with Crippen molar-refractivity contribution >= 4 is 34.0 Å². The molecule has 0 bridgehead atoms. The summed E-state index contributed by atoms with van der Waals surface area (Å²) >= 11 is 1.41. The van der Waals surface area contributed by atoms with Gasteiger partial charge in [0.1, 0.15) is 5.69 Å². The van der Waals surface area contributed by atoms with Crippen molar-refractivity contribution in [2.24, 2.45) is 5.92 Å². The summed E-state index contributed by atoms with van der Waals surface area (Å²) in [6, 6.07) is 8.01. The van der Waals surface area contributed by atoms with Crippen LogP contribution in [0.1, 0.15) is 35.8 Å². The number of benzene rings is 1. The number of piperidine rings is 1. The van der Waals surface area contributed by atoms with Crippen molar-refractivity contribution in [3.63, 3.8) is 0 Å². The van der Waals surface area contributed by atoms with Crippen molar-refractivity contribution in [2.45, 2.75) is 26.7 Å². The minimum atomic E-state index is -0.155. The largest absolute Gasteiger partial charge is 0.466 e.